The summed E-state index contributed by atoms with van der Waals surface area (Å²) < 4.78 is 0. The molecule has 1 amide bonds. The van der Waals surface area contributed by atoms with Crippen molar-refractivity contribution in [1.29, 1.82) is 0 Å². The molecule has 4 unspecified atom stereocenters. The van der Waals surface area contributed by atoms with Gasteiger partial charge >= 0.3 is 0 Å². The van der Waals surface area contributed by atoms with Crippen molar-refractivity contribution in [3.05, 3.63) is 45.7 Å². The van der Waals surface area contributed by atoms with Crippen LogP contribution in [0.3, 0.4) is 0 Å². The van der Waals surface area contributed by atoms with Gasteiger partial charge < -0.3 is 25.9 Å². The molecular weight excluding hydrogens is 442 g/mol. The molecule has 4 atom stereocenters. The Balaban J connectivity index is 1.87. The minimum atomic E-state index is -1.26. The summed E-state index contributed by atoms with van der Waals surface area (Å²) in [6.45, 7) is 0.388. The molecule has 10 heteroatoms. The van der Waals surface area contributed by atoms with Crippen LogP contribution in [0, 0.1) is 17.8 Å². The number of allylic oxidation sites excluding steroid dienone is 1. The number of hydroxylamine groups is 2. The number of phenolic OH excluding ortho intramolecular Hbond substituents is 1. The van der Waals surface area contributed by atoms with Crippen molar-refractivity contribution in [2.75, 3.05) is 28.3 Å². The number of nitrogens with zero attached hydrogens (tertiary/aromatic N) is 2. The number of nitrogens with two attached hydrogens (primary N) is 1. The number of hydrogen-bond donors (Lipinski definition) is 4. The summed E-state index contributed by atoms with van der Waals surface area (Å²) in [4.78, 5) is 45.7. The summed E-state index contributed by atoms with van der Waals surface area (Å²) in [6.07, 6.45) is 0.668. The zero-order valence-corrected chi connectivity index (χ0v) is 19.5. The van der Waals surface area contributed by atoms with Gasteiger partial charge in [0.15, 0.2) is 11.6 Å². The number of aliphatic hydroxyl groups excluding tert-OH is 2. The Kier molecular flexibility index (Phi) is 6.01. The predicted molar refractivity (Wildman–Crippen MR) is 121 cm³/mol. The van der Waals surface area contributed by atoms with E-state index in [-0.39, 0.29) is 22.6 Å². The van der Waals surface area contributed by atoms with Crippen molar-refractivity contribution in [3.63, 3.8) is 0 Å². The average molecular weight is 472 g/mol. The van der Waals surface area contributed by atoms with Gasteiger partial charge in [-0.15, -0.1) is 0 Å². The average Bonchev–Trinajstić information content (AvgIpc) is 2.74. The van der Waals surface area contributed by atoms with Crippen molar-refractivity contribution in [1.82, 2.24) is 9.96 Å². The lowest BCUT2D eigenvalue weighted by molar-refractivity contribution is -0.136. The predicted octanol–water partition coefficient (Wildman–Crippen LogP) is 0.842. The molecule has 0 radical (unpaired) electrons. The van der Waals surface area contributed by atoms with E-state index >= 15 is 0 Å². The zero-order valence-electron chi connectivity index (χ0n) is 19.5. The summed E-state index contributed by atoms with van der Waals surface area (Å²) in [7, 11) is 6.65. The van der Waals surface area contributed by atoms with E-state index in [1.165, 1.54) is 13.2 Å². The Bertz CT molecular complexity index is 1150. The normalized spacial score (nSPS) is 26.6. The fourth-order valence-electron chi connectivity index (χ4n) is 5.78. The number of benzene rings is 1. The van der Waals surface area contributed by atoms with Gasteiger partial charge in [-0.05, 0) is 56.0 Å². The van der Waals surface area contributed by atoms with E-state index in [0.29, 0.717) is 24.9 Å². The Labute approximate surface area is 196 Å². The third-order valence-corrected chi connectivity index (χ3v) is 7.25. The van der Waals surface area contributed by atoms with Crippen molar-refractivity contribution in [2.24, 2.45) is 23.5 Å². The highest BCUT2D eigenvalue weighted by Gasteiger charge is 2.55. The van der Waals surface area contributed by atoms with E-state index in [1.54, 1.807) is 37.2 Å². The van der Waals surface area contributed by atoms with Crippen LogP contribution >= 0.6 is 0 Å². The van der Waals surface area contributed by atoms with Crippen LogP contribution in [-0.2, 0) is 32.2 Å². The summed E-state index contributed by atoms with van der Waals surface area (Å²) in [5.74, 6) is -5.80. The lowest BCUT2D eigenvalue weighted by atomic mass is 9.59. The summed E-state index contributed by atoms with van der Waals surface area (Å²) >= 11 is 0. The summed E-state index contributed by atoms with van der Waals surface area (Å²) in [5, 5.41) is 34.1. The first-order chi connectivity index (χ1) is 16.0. The first kappa shape index (κ1) is 23.9. The van der Waals surface area contributed by atoms with Crippen LogP contribution in [-0.4, -0.2) is 77.1 Å². The molecule has 0 aliphatic heterocycles. The van der Waals surface area contributed by atoms with Crippen molar-refractivity contribution in [3.8, 4) is 5.75 Å². The first-order valence-electron chi connectivity index (χ1n) is 11.0. The van der Waals surface area contributed by atoms with Crippen molar-refractivity contribution in [2.45, 2.75) is 25.4 Å². The van der Waals surface area contributed by atoms with E-state index in [4.69, 9.17) is 10.6 Å². The van der Waals surface area contributed by atoms with Gasteiger partial charge in [0.2, 0.25) is 0 Å². The Hall–Kier alpha value is -3.21. The van der Waals surface area contributed by atoms with Crippen LogP contribution in [0.15, 0.2) is 29.0 Å². The van der Waals surface area contributed by atoms with Gasteiger partial charge in [-0.1, -0.05) is 6.07 Å². The molecule has 1 saturated carbocycles. The van der Waals surface area contributed by atoms with Gasteiger partial charge in [-0.25, -0.2) is 0 Å². The van der Waals surface area contributed by atoms with E-state index in [1.807, 2.05) is 0 Å². The van der Waals surface area contributed by atoms with Gasteiger partial charge in [0.1, 0.15) is 22.8 Å². The number of phenols is 1. The highest BCUT2D eigenvalue weighted by atomic mass is 16.7. The molecule has 0 saturated heterocycles. The molecule has 1 aromatic carbocycles. The molecular formula is C24H29N3O7. The number of amides is 1. The van der Waals surface area contributed by atoms with Gasteiger partial charge in [0.25, 0.3) is 5.91 Å². The molecule has 5 N–H and O–H groups in total. The number of aliphatic hydroxyl groups is 2. The molecule has 10 nitrogen and oxygen atoms in total. The maximum absolute atomic E-state index is 13.7. The zero-order chi connectivity index (χ0) is 25.1. The SMILES string of the molecule is CON(C)Cc1ccc(O)c2c1CC1CC3C(C(=O)C(C(N)=O)=C(O)C3N(C)C)C(=O)C1=C2O. The molecule has 4 rings (SSSR count). The van der Waals surface area contributed by atoms with Crippen LogP contribution < -0.4 is 5.73 Å². The number of carbonyl (C=O) groups is 3. The second-order valence-corrected chi connectivity index (χ2v) is 9.37. The molecule has 0 heterocycles. The number of fused-ring (bicyclic) bond motifs is 3. The smallest absolute Gasteiger partial charge is 0.255 e. The van der Waals surface area contributed by atoms with Gasteiger partial charge in [0.05, 0.1) is 24.6 Å². The standard InChI is InChI=1S/C24H29N3O7/c1-26(2)19-13-8-11-7-12-10(9-27(3)34-4)5-6-14(28)16(12)20(29)15(11)21(30)17(13)22(31)18(23(19)32)24(25)33/h5-6,11,13,17,19,28-29,32H,7-9H2,1-4H3,(H2,25,33). The van der Waals surface area contributed by atoms with Crippen LogP contribution in [0.25, 0.3) is 5.76 Å². The van der Waals surface area contributed by atoms with E-state index in [2.05, 4.69) is 0 Å². The first-order valence-corrected chi connectivity index (χ1v) is 11.0. The fraction of sp³-hybridized carbons (Fsp3) is 0.458. The van der Waals surface area contributed by atoms with Crippen LogP contribution in [0.5, 0.6) is 5.75 Å². The maximum atomic E-state index is 13.7. The van der Waals surface area contributed by atoms with E-state index in [9.17, 15) is 29.7 Å². The number of carbonyl (C=O) groups excluding carboxylic acids is 3. The second kappa shape index (κ2) is 8.53. The lowest BCUT2D eigenvalue weighted by Crippen LogP contribution is -2.55. The number of rotatable bonds is 5. The largest absolute Gasteiger partial charge is 0.510 e. The fourth-order valence-corrected chi connectivity index (χ4v) is 5.78. The Morgan fingerprint density at radius 2 is 1.82 bits per heavy atom. The minimum absolute atomic E-state index is 0.0670. The van der Waals surface area contributed by atoms with Gasteiger partial charge in [-0.2, -0.15) is 5.06 Å². The second-order valence-electron chi connectivity index (χ2n) is 9.37. The third kappa shape index (κ3) is 3.49. The van der Waals surface area contributed by atoms with Crippen molar-refractivity contribution < 1.29 is 34.5 Å². The summed E-state index contributed by atoms with van der Waals surface area (Å²) in [6, 6.07) is 2.43. The van der Waals surface area contributed by atoms with E-state index < -0.39 is 52.6 Å². The highest BCUT2D eigenvalue weighted by molar-refractivity contribution is 6.28. The number of primary amides is 1. The molecule has 3 aliphatic carbocycles. The maximum Gasteiger partial charge on any atom is 0.255 e. The molecule has 1 aromatic rings. The van der Waals surface area contributed by atoms with Crippen LogP contribution in [0.2, 0.25) is 0 Å². The number of hydrogen-bond acceptors (Lipinski definition) is 9. The highest BCUT2D eigenvalue weighted by Crippen LogP contribution is 2.50. The third-order valence-electron chi connectivity index (χ3n) is 7.25. The van der Waals surface area contributed by atoms with Crippen LogP contribution in [0.1, 0.15) is 23.1 Å². The quantitative estimate of drug-likeness (QED) is 0.278. The molecule has 182 valence electrons. The molecule has 0 aromatic heterocycles. The number of likely N-dealkylation sites (N-methyl/N-ethyl adjacent to an activating group) is 1. The monoisotopic (exact) mass is 471 g/mol. The van der Waals surface area contributed by atoms with Gasteiger partial charge in [-0.3, -0.25) is 19.3 Å². The number of aromatic hydroxyl groups is 1. The molecule has 34 heavy (non-hydrogen) atoms. The Morgan fingerprint density at radius 3 is 2.41 bits per heavy atom. The minimum Gasteiger partial charge on any atom is -0.510 e. The molecule has 3 aliphatic rings. The molecule has 0 spiro atoms. The van der Waals surface area contributed by atoms with Crippen LogP contribution in [0.4, 0.5) is 0 Å². The summed E-state index contributed by atoms with van der Waals surface area (Å²) in [5.41, 5.74) is 6.55. The molecule has 0 bridgehead atoms. The number of Topliss-reactive ketones (excluding diaryl/α,β-unsaturated/α-hetero) is 2. The molecule has 1 fully saturated rings. The number of ketones is 2. The Morgan fingerprint density at radius 1 is 1.15 bits per heavy atom. The lowest BCUT2D eigenvalue weighted by Gasteiger charge is -2.46. The van der Waals surface area contributed by atoms with Gasteiger partial charge in [0, 0.05) is 19.2 Å². The van der Waals surface area contributed by atoms with Crippen molar-refractivity contribution >= 4 is 23.2 Å². The van der Waals surface area contributed by atoms with E-state index in [0.717, 1.165) is 5.56 Å². The topological polar surface area (TPSA) is 154 Å².